The molecule has 2 aliphatic rings. The number of aromatic nitrogens is 1. The number of rotatable bonds is 1. The smallest absolute Gasteiger partial charge is 0.147 e. The zero-order chi connectivity index (χ0) is 12.7. The van der Waals surface area contributed by atoms with Gasteiger partial charge in [-0.1, -0.05) is 0 Å². The van der Waals surface area contributed by atoms with E-state index in [9.17, 15) is 5.26 Å². The average Bonchev–Trinajstić information content (AvgIpc) is 2.67. The van der Waals surface area contributed by atoms with Crippen LogP contribution in [0.5, 0.6) is 0 Å². The summed E-state index contributed by atoms with van der Waals surface area (Å²) in [6.07, 6.45) is 2.90. The van der Waals surface area contributed by atoms with Crippen molar-refractivity contribution in [2.75, 3.05) is 18.0 Å². The monoisotopic (exact) mass is 243 g/mol. The van der Waals surface area contributed by atoms with Crippen LogP contribution in [0.15, 0.2) is 6.07 Å². The van der Waals surface area contributed by atoms with Crippen LogP contribution in [0.2, 0.25) is 0 Å². The number of pyridine rings is 1. The van der Waals surface area contributed by atoms with Gasteiger partial charge in [-0.2, -0.15) is 5.26 Å². The summed E-state index contributed by atoms with van der Waals surface area (Å²) in [6.45, 7) is 5.68. The number of nitrogens with zero attached hydrogens (tertiary/aromatic N) is 3. The topological polar surface area (TPSA) is 49.2 Å². The molecule has 3 rings (SSSR count). The predicted octanol–water partition coefficient (Wildman–Crippen LogP) is 1.94. The Hall–Kier alpha value is -1.60. The van der Waals surface area contributed by atoms with Crippen molar-refractivity contribution in [3.8, 4) is 6.07 Å². The normalized spacial score (nSPS) is 26.2. The molecule has 4 nitrogen and oxygen atoms in total. The SMILES string of the molecule is Cc1cc(C)c(C#N)c(N2CC3CCC(C2)O3)n1. The highest BCUT2D eigenvalue weighted by molar-refractivity contribution is 5.58. The third kappa shape index (κ3) is 1.85. The maximum absolute atomic E-state index is 9.32. The van der Waals surface area contributed by atoms with Crippen molar-refractivity contribution in [3.63, 3.8) is 0 Å². The molecule has 18 heavy (non-hydrogen) atoms. The lowest BCUT2D eigenvalue weighted by molar-refractivity contribution is 0.0302. The molecular weight excluding hydrogens is 226 g/mol. The van der Waals surface area contributed by atoms with E-state index in [0.29, 0.717) is 17.8 Å². The first-order valence-electron chi connectivity index (χ1n) is 6.46. The minimum absolute atomic E-state index is 0.318. The summed E-state index contributed by atoms with van der Waals surface area (Å²) in [4.78, 5) is 6.80. The second-order valence-corrected chi connectivity index (χ2v) is 5.25. The van der Waals surface area contributed by atoms with Crippen molar-refractivity contribution < 1.29 is 4.74 Å². The molecule has 1 aromatic rings. The van der Waals surface area contributed by atoms with Crippen molar-refractivity contribution in [2.24, 2.45) is 0 Å². The van der Waals surface area contributed by atoms with E-state index >= 15 is 0 Å². The molecule has 0 N–H and O–H groups in total. The van der Waals surface area contributed by atoms with Gasteiger partial charge in [0.05, 0.1) is 17.8 Å². The maximum atomic E-state index is 9.32. The van der Waals surface area contributed by atoms with Crippen LogP contribution < -0.4 is 4.90 Å². The molecule has 94 valence electrons. The number of hydrogen-bond acceptors (Lipinski definition) is 4. The highest BCUT2D eigenvalue weighted by Gasteiger charge is 2.35. The second kappa shape index (κ2) is 4.25. The van der Waals surface area contributed by atoms with Crippen molar-refractivity contribution in [3.05, 3.63) is 22.9 Å². The second-order valence-electron chi connectivity index (χ2n) is 5.25. The summed E-state index contributed by atoms with van der Waals surface area (Å²) in [5.41, 5.74) is 2.70. The quantitative estimate of drug-likeness (QED) is 0.756. The third-order valence-electron chi connectivity index (χ3n) is 3.78. The van der Waals surface area contributed by atoms with Crippen molar-refractivity contribution in [1.82, 2.24) is 4.98 Å². The molecule has 2 saturated heterocycles. The summed E-state index contributed by atoms with van der Waals surface area (Å²) < 4.78 is 5.83. The first-order valence-corrected chi connectivity index (χ1v) is 6.46. The molecule has 0 aliphatic carbocycles. The van der Waals surface area contributed by atoms with E-state index in [1.807, 2.05) is 19.9 Å². The zero-order valence-corrected chi connectivity index (χ0v) is 10.8. The van der Waals surface area contributed by atoms with Crippen LogP contribution in [0.25, 0.3) is 0 Å². The van der Waals surface area contributed by atoms with Gasteiger partial charge in [-0.25, -0.2) is 4.98 Å². The predicted molar refractivity (Wildman–Crippen MR) is 68.5 cm³/mol. The molecule has 2 unspecified atom stereocenters. The number of hydrogen-bond donors (Lipinski definition) is 0. The molecule has 4 heteroatoms. The van der Waals surface area contributed by atoms with Gasteiger partial charge in [0.2, 0.25) is 0 Å². The Morgan fingerprint density at radius 1 is 1.33 bits per heavy atom. The largest absolute Gasteiger partial charge is 0.371 e. The van der Waals surface area contributed by atoms with Gasteiger partial charge in [0.15, 0.2) is 0 Å². The van der Waals surface area contributed by atoms with Crippen LogP contribution in [0.1, 0.15) is 29.7 Å². The Labute approximate surface area is 107 Å². The number of fused-ring (bicyclic) bond motifs is 2. The Morgan fingerprint density at radius 3 is 2.61 bits per heavy atom. The molecule has 0 radical (unpaired) electrons. The number of morpholine rings is 1. The summed E-state index contributed by atoms with van der Waals surface area (Å²) in [5.74, 6) is 0.843. The van der Waals surface area contributed by atoms with Gasteiger partial charge < -0.3 is 9.64 Å². The number of ether oxygens (including phenoxy) is 1. The maximum Gasteiger partial charge on any atom is 0.147 e. The lowest BCUT2D eigenvalue weighted by Gasteiger charge is -2.33. The minimum atomic E-state index is 0.318. The van der Waals surface area contributed by atoms with Gasteiger partial charge in [-0.05, 0) is 38.3 Å². The van der Waals surface area contributed by atoms with Gasteiger partial charge in [0.25, 0.3) is 0 Å². The van der Waals surface area contributed by atoms with Crippen molar-refractivity contribution >= 4 is 5.82 Å². The van der Waals surface area contributed by atoms with Crippen LogP contribution in [-0.2, 0) is 4.74 Å². The van der Waals surface area contributed by atoms with Crippen LogP contribution >= 0.6 is 0 Å². The minimum Gasteiger partial charge on any atom is -0.371 e. The molecule has 0 saturated carbocycles. The molecule has 0 amide bonds. The van der Waals surface area contributed by atoms with E-state index in [4.69, 9.17) is 4.74 Å². The third-order valence-corrected chi connectivity index (χ3v) is 3.78. The summed E-state index contributed by atoms with van der Waals surface area (Å²) in [6, 6.07) is 4.26. The molecular formula is C14H17N3O. The molecule has 2 fully saturated rings. The van der Waals surface area contributed by atoms with Crippen molar-refractivity contribution in [2.45, 2.75) is 38.9 Å². The van der Waals surface area contributed by atoms with E-state index in [1.54, 1.807) is 0 Å². The fourth-order valence-corrected chi connectivity index (χ4v) is 2.97. The highest BCUT2D eigenvalue weighted by Crippen LogP contribution is 2.31. The van der Waals surface area contributed by atoms with Crippen molar-refractivity contribution in [1.29, 1.82) is 5.26 Å². The van der Waals surface area contributed by atoms with Gasteiger partial charge in [-0.3, -0.25) is 0 Å². The summed E-state index contributed by atoms with van der Waals surface area (Å²) in [7, 11) is 0. The highest BCUT2D eigenvalue weighted by atomic mass is 16.5. The Kier molecular flexibility index (Phi) is 2.71. The lowest BCUT2D eigenvalue weighted by atomic mass is 10.1. The lowest BCUT2D eigenvalue weighted by Crippen LogP contribution is -2.43. The van der Waals surface area contributed by atoms with E-state index in [0.717, 1.165) is 43.0 Å². The van der Waals surface area contributed by atoms with E-state index < -0.39 is 0 Å². The Morgan fingerprint density at radius 2 is 2.00 bits per heavy atom. The number of anilines is 1. The van der Waals surface area contributed by atoms with Gasteiger partial charge >= 0.3 is 0 Å². The molecule has 0 spiro atoms. The first-order chi connectivity index (χ1) is 8.67. The van der Waals surface area contributed by atoms with Crippen LogP contribution in [-0.4, -0.2) is 30.3 Å². The van der Waals surface area contributed by atoms with Crippen LogP contribution in [0, 0.1) is 25.2 Å². The van der Waals surface area contributed by atoms with Gasteiger partial charge in [0, 0.05) is 18.8 Å². The zero-order valence-electron chi connectivity index (χ0n) is 10.8. The fourth-order valence-electron chi connectivity index (χ4n) is 2.97. The average molecular weight is 243 g/mol. The fraction of sp³-hybridized carbons (Fsp3) is 0.571. The Bertz CT molecular complexity index is 509. The first kappa shape index (κ1) is 11.5. The van der Waals surface area contributed by atoms with E-state index in [1.165, 1.54) is 0 Å². The number of nitriles is 1. The Balaban J connectivity index is 1.99. The van der Waals surface area contributed by atoms with Gasteiger partial charge in [0.1, 0.15) is 11.9 Å². The van der Waals surface area contributed by atoms with E-state index in [2.05, 4.69) is 16.0 Å². The molecule has 3 heterocycles. The standard InChI is InChI=1S/C14H17N3O/c1-9-5-10(2)16-14(13(9)6-15)17-7-11-3-4-12(8-17)18-11/h5,11-12H,3-4,7-8H2,1-2H3. The summed E-state index contributed by atoms with van der Waals surface area (Å²) >= 11 is 0. The number of aryl methyl sites for hydroxylation is 2. The molecule has 2 aliphatic heterocycles. The van der Waals surface area contributed by atoms with Crippen LogP contribution in [0.4, 0.5) is 5.82 Å². The molecule has 2 atom stereocenters. The molecule has 2 bridgehead atoms. The molecule has 0 aromatic carbocycles. The van der Waals surface area contributed by atoms with Gasteiger partial charge in [-0.15, -0.1) is 0 Å². The molecule has 1 aromatic heterocycles. The van der Waals surface area contributed by atoms with E-state index in [-0.39, 0.29) is 0 Å². The van der Waals surface area contributed by atoms with Crippen LogP contribution in [0.3, 0.4) is 0 Å². The summed E-state index contributed by atoms with van der Waals surface area (Å²) in [5, 5.41) is 9.32.